The average molecular weight is 344 g/mol. The number of imidazole rings is 1. The molecule has 0 amide bonds. The number of aromatic nitrogens is 2. The molecule has 0 saturated heterocycles. The van der Waals surface area contributed by atoms with Gasteiger partial charge in [-0.05, 0) is 44.0 Å². The van der Waals surface area contributed by atoms with Crippen LogP contribution in [0.5, 0.6) is 0 Å². The minimum atomic E-state index is -4.35. The van der Waals surface area contributed by atoms with E-state index in [9.17, 15) is 13.2 Å². The maximum Gasteiger partial charge on any atom is 0.416 e. The fraction of sp³-hybridized carbons (Fsp3) is 0.125. The standard InChI is InChI=1S/C8H3Br2F3N2/c9-4-1-3(8(11,12)13)2-5-6(4)15-7(10)14-5/h1-2H,(H,14,15). The van der Waals surface area contributed by atoms with E-state index in [1.54, 1.807) is 0 Å². The lowest BCUT2D eigenvalue weighted by atomic mass is 10.2. The predicted molar refractivity (Wildman–Crippen MR) is 56.5 cm³/mol. The molecule has 0 atom stereocenters. The molecule has 0 aliphatic heterocycles. The van der Waals surface area contributed by atoms with Gasteiger partial charge in [0, 0.05) is 4.47 Å². The smallest absolute Gasteiger partial charge is 0.332 e. The Hall–Kier alpha value is -0.560. The van der Waals surface area contributed by atoms with Crippen LogP contribution in [-0.2, 0) is 6.18 Å². The molecule has 0 radical (unpaired) electrons. The van der Waals surface area contributed by atoms with Crippen LogP contribution in [0.3, 0.4) is 0 Å². The Labute approximate surface area is 99.1 Å². The Morgan fingerprint density at radius 1 is 1.20 bits per heavy atom. The number of alkyl halides is 3. The molecule has 0 unspecified atom stereocenters. The van der Waals surface area contributed by atoms with Crippen LogP contribution in [0.2, 0.25) is 0 Å². The lowest BCUT2D eigenvalue weighted by Gasteiger charge is -2.06. The quantitative estimate of drug-likeness (QED) is 0.766. The SMILES string of the molecule is FC(F)(F)c1cc(Br)c2nc(Br)[nH]c2c1. The zero-order valence-corrected chi connectivity index (χ0v) is 10.2. The van der Waals surface area contributed by atoms with E-state index >= 15 is 0 Å². The first-order valence-corrected chi connectivity index (χ1v) is 5.38. The molecule has 0 aliphatic carbocycles. The van der Waals surface area contributed by atoms with Crippen molar-refractivity contribution in [2.24, 2.45) is 0 Å². The topological polar surface area (TPSA) is 28.7 Å². The molecule has 1 heterocycles. The van der Waals surface area contributed by atoms with Crippen LogP contribution in [0.15, 0.2) is 21.3 Å². The number of hydrogen-bond acceptors (Lipinski definition) is 1. The summed E-state index contributed by atoms with van der Waals surface area (Å²) in [7, 11) is 0. The highest BCUT2D eigenvalue weighted by atomic mass is 79.9. The van der Waals surface area contributed by atoms with E-state index in [4.69, 9.17) is 0 Å². The van der Waals surface area contributed by atoms with Crippen molar-refractivity contribution in [2.45, 2.75) is 6.18 Å². The largest absolute Gasteiger partial charge is 0.416 e. The van der Waals surface area contributed by atoms with E-state index in [2.05, 4.69) is 41.8 Å². The Bertz CT molecular complexity index is 518. The second-order valence-electron chi connectivity index (χ2n) is 2.88. The van der Waals surface area contributed by atoms with Crippen molar-refractivity contribution in [3.05, 3.63) is 26.9 Å². The third-order valence-electron chi connectivity index (χ3n) is 1.84. The lowest BCUT2D eigenvalue weighted by Crippen LogP contribution is -2.04. The highest BCUT2D eigenvalue weighted by molar-refractivity contribution is 9.11. The fourth-order valence-corrected chi connectivity index (χ4v) is 2.15. The number of hydrogen-bond donors (Lipinski definition) is 1. The lowest BCUT2D eigenvalue weighted by molar-refractivity contribution is -0.137. The summed E-state index contributed by atoms with van der Waals surface area (Å²) >= 11 is 6.12. The van der Waals surface area contributed by atoms with Gasteiger partial charge in [-0.2, -0.15) is 13.2 Å². The number of halogens is 5. The second-order valence-corrected chi connectivity index (χ2v) is 4.49. The number of benzene rings is 1. The van der Waals surface area contributed by atoms with Gasteiger partial charge < -0.3 is 4.98 Å². The van der Waals surface area contributed by atoms with E-state index in [-0.39, 0.29) is 0 Å². The average Bonchev–Trinajstić information content (AvgIpc) is 2.44. The monoisotopic (exact) mass is 342 g/mol. The molecule has 1 aromatic carbocycles. The molecular formula is C8H3Br2F3N2. The summed E-state index contributed by atoms with van der Waals surface area (Å²) in [5.41, 5.74) is 0.0940. The number of aromatic amines is 1. The van der Waals surface area contributed by atoms with Crippen LogP contribution in [-0.4, -0.2) is 9.97 Å². The van der Waals surface area contributed by atoms with Crippen molar-refractivity contribution in [2.75, 3.05) is 0 Å². The van der Waals surface area contributed by atoms with Gasteiger partial charge in [-0.15, -0.1) is 0 Å². The Morgan fingerprint density at radius 2 is 1.87 bits per heavy atom. The highest BCUT2D eigenvalue weighted by Gasteiger charge is 2.31. The molecule has 15 heavy (non-hydrogen) atoms. The normalized spacial score (nSPS) is 12.3. The summed E-state index contributed by atoms with van der Waals surface area (Å²) in [4.78, 5) is 6.67. The van der Waals surface area contributed by atoms with Gasteiger partial charge >= 0.3 is 6.18 Å². The van der Waals surface area contributed by atoms with Crippen molar-refractivity contribution in [3.8, 4) is 0 Å². The highest BCUT2D eigenvalue weighted by Crippen LogP contribution is 2.34. The maximum atomic E-state index is 12.4. The van der Waals surface area contributed by atoms with Crippen molar-refractivity contribution < 1.29 is 13.2 Å². The van der Waals surface area contributed by atoms with E-state index in [1.807, 2.05) is 0 Å². The van der Waals surface area contributed by atoms with E-state index in [0.29, 0.717) is 20.2 Å². The molecule has 1 N–H and O–H groups in total. The van der Waals surface area contributed by atoms with Crippen LogP contribution in [0.1, 0.15) is 5.56 Å². The van der Waals surface area contributed by atoms with Crippen molar-refractivity contribution in [1.82, 2.24) is 9.97 Å². The molecule has 2 aromatic rings. The van der Waals surface area contributed by atoms with Crippen LogP contribution in [0.25, 0.3) is 11.0 Å². The predicted octanol–water partition coefficient (Wildman–Crippen LogP) is 4.11. The summed E-state index contributed by atoms with van der Waals surface area (Å²) in [6, 6.07) is 2.04. The van der Waals surface area contributed by atoms with Gasteiger partial charge in [-0.3, -0.25) is 0 Å². The number of fused-ring (bicyclic) bond motifs is 1. The van der Waals surface area contributed by atoms with Crippen LogP contribution in [0.4, 0.5) is 13.2 Å². The fourth-order valence-electron chi connectivity index (χ4n) is 1.21. The molecule has 0 aliphatic rings. The number of rotatable bonds is 0. The first-order chi connectivity index (χ1) is 6.88. The molecule has 0 bridgehead atoms. The van der Waals surface area contributed by atoms with Crippen molar-refractivity contribution in [3.63, 3.8) is 0 Å². The van der Waals surface area contributed by atoms with Gasteiger partial charge in [-0.1, -0.05) is 0 Å². The van der Waals surface area contributed by atoms with Crippen molar-refractivity contribution in [1.29, 1.82) is 0 Å². The van der Waals surface area contributed by atoms with Gasteiger partial charge in [0.05, 0.1) is 11.1 Å². The van der Waals surface area contributed by atoms with Crippen LogP contribution in [0, 0.1) is 0 Å². The van der Waals surface area contributed by atoms with Gasteiger partial charge in [-0.25, -0.2) is 4.98 Å². The van der Waals surface area contributed by atoms with Gasteiger partial charge in [0.2, 0.25) is 0 Å². The van der Waals surface area contributed by atoms with Gasteiger partial charge in [0.15, 0.2) is 4.73 Å². The van der Waals surface area contributed by atoms with Gasteiger partial charge in [0.1, 0.15) is 5.52 Å². The first-order valence-electron chi connectivity index (χ1n) is 3.80. The molecule has 2 rings (SSSR count). The molecule has 0 saturated carbocycles. The molecular weight excluding hydrogens is 341 g/mol. The van der Waals surface area contributed by atoms with Crippen molar-refractivity contribution >= 4 is 42.9 Å². The van der Waals surface area contributed by atoms with E-state index in [0.717, 1.165) is 12.1 Å². The molecule has 2 nitrogen and oxygen atoms in total. The summed E-state index contributed by atoms with van der Waals surface area (Å²) in [6.45, 7) is 0. The van der Waals surface area contributed by atoms with Crippen LogP contribution >= 0.6 is 31.9 Å². The zero-order chi connectivity index (χ0) is 11.2. The third-order valence-corrected chi connectivity index (χ3v) is 2.82. The Morgan fingerprint density at radius 3 is 2.47 bits per heavy atom. The first kappa shape index (κ1) is 10.9. The van der Waals surface area contributed by atoms with Gasteiger partial charge in [0.25, 0.3) is 0 Å². The maximum absolute atomic E-state index is 12.4. The Kier molecular flexibility index (Phi) is 2.54. The second kappa shape index (κ2) is 3.48. The summed E-state index contributed by atoms with van der Waals surface area (Å²) in [6.07, 6.45) is -4.35. The molecule has 1 aromatic heterocycles. The number of nitrogens with zero attached hydrogens (tertiary/aromatic N) is 1. The minimum absolute atomic E-state index is 0.314. The molecule has 80 valence electrons. The molecule has 7 heteroatoms. The summed E-state index contributed by atoms with van der Waals surface area (Å²) in [5.74, 6) is 0. The zero-order valence-electron chi connectivity index (χ0n) is 6.99. The number of H-pyrrole nitrogens is 1. The summed E-state index contributed by atoms with van der Waals surface area (Å²) < 4.78 is 38.0. The molecule has 0 fully saturated rings. The summed E-state index contributed by atoms with van der Waals surface area (Å²) in [5, 5.41) is 0. The van der Waals surface area contributed by atoms with E-state index < -0.39 is 11.7 Å². The van der Waals surface area contributed by atoms with E-state index in [1.165, 1.54) is 0 Å². The molecule has 0 spiro atoms. The Balaban J connectivity index is 2.72. The van der Waals surface area contributed by atoms with Crippen LogP contribution < -0.4 is 0 Å². The minimum Gasteiger partial charge on any atom is -0.332 e. The third kappa shape index (κ3) is 2.03. The number of nitrogens with one attached hydrogen (secondary N) is 1.